The Labute approximate surface area is 142 Å². The summed E-state index contributed by atoms with van der Waals surface area (Å²) in [7, 11) is 0. The Balaban J connectivity index is 1.38. The van der Waals surface area contributed by atoms with Crippen LogP contribution in [-0.4, -0.2) is 41.9 Å². The average Bonchev–Trinajstić information content (AvgIpc) is 2.85. The van der Waals surface area contributed by atoms with E-state index in [1.165, 1.54) is 5.56 Å². The van der Waals surface area contributed by atoms with Gasteiger partial charge in [-0.05, 0) is 50.3 Å². The fourth-order valence-corrected chi connectivity index (χ4v) is 4.46. The third-order valence-electron chi connectivity index (χ3n) is 5.76. The number of carbonyl (C=O) groups is 2. The normalized spacial score (nSPS) is 28.9. The van der Waals surface area contributed by atoms with Gasteiger partial charge in [-0.15, -0.1) is 0 Å². The third-order valence-corrected chi connectivity index (χ3v) is 5.76. The zero-order chi connectivity index (χ0) is 16.5. The molecule has 0 spiro atoms. The van der Waals surface area contributed by atoms with Crippen molar-refractivity contribution in [2.75, 3.05) is 18.4 Å². The van der Waals surface area contributed by atoms with E-state index in [0.717, 1.165) is 44.5 Å². The molecule has 2 amide bonds. The molecule has 2 saturated heterocycles. The molecule has 5 heteroatoms. The van der Waals surface area contributed by atoms with E-state index >= 15 is 0 Å². The first kappa shape index (κ1) is 15.6. The number of nitrogens with zero attached hydrogens (tertiary/aromatic N) is 1. The molecule has 2 N–H and O–H groups in total. The molecule has 0 aromatic heterocycles. The predicted molar refractivity (Wildman–Crippen MR) is 92.6 cm³/mol. The van der Waals surface area contributed by atoms with Crippen LogP contribution < -0.4 is 10.6 Å². The minimum atomic E-state index is -0.0911. The molecule has 0 radical (unpaired) electrons. The zero-order valence-corrected chi connectivity index (χ0v) is 14.0. The van der Waals surface area contributed by atoms with Crippen molar-refractivity contribution in [2.24, 2.45) is 5.92 Å². The number of hydrogen-bond acceptors (Lipinski definition) is 3. The fourth-order valence-electron chi connectivity index (χ4n) is 4.46. The van der Waals surface area contributed by atoms with Crippen molar-refractivity contribution in [1.82, 2.24) is 10.2 Å². The van der Waals surface area contributed by atoms with E-state index in [1.54, 1.807) is 0 Å². The lowest BCUT2D eigenvalue weighted by atomic mass is 9.89. The monoisotopic (exact) mass is 327 g/mol. The van der Waals surface area contributed by atoms with Gasteiger partial charge in [0.2, 0.25) is 11.8 Å². The molecule has 24 heavy (non-hydrogen) atoms. The molecule has 3 unspecified atom stereocenters. The number of anilines is 1. The van der Waals surface area contributed by atoms with Crippen LogP contribution in [0.3, 0.4) is 0 Å². The summed E-state index contributed by atoms with van der Waals surface area (Å²) in [6.45, 7) is 1.92. The van der Waals surface area contributed by atoms with Crippen molar-refractivity contribution in [1.29, 1.82) is 0 Å². The summed E-state index contributed by atoms with van der Waals surface area (Å²) < 4.78 is 0. The smallest absolute Gasteiger partial charge is 0.227 e. The van der Waals surface area contributed by atoms with Gasteiger partial charge in [0, 0.05) is 36.7 Å². The van der Waals surface area contributed by atoms with E-state index in [-0.39, 0.29) is 17.7 Å². The summed E-state index contributed by atoms with van der Waals surface area (Å²) in [6.07, 6.45) is 5.16. The number of fused-ring (bicyclic) bond motifs is 3. The van der Waals surface area contributed by atoms with Crippen molar-refractivity contribution in [2.45, 2.75) is 50.6 Å². The molecule has 0 saturated carbocycles. The molecule has 1 aromatic rings. The molecular weight excluding hydrogens is 302 g/mol. The molecule has 2 bridgehead atoms. The van der Waals surface area contributed by atoms with Crippen LogP contribution in [0.1, 0.15) is 37.7 Å². The second kappa shape index (κ2) is 6.55. The van der Waals surface area contributed by atoms with Gasteiger partial charge < -0.3 is 15.5 Å². The Morgan fingerprint density at radius 2 is 2.00 bits per heavy atom. The van der Waals surface area contributed by atoms with Crippen LogP contribution in [0.5, 0.6) is 0 Å². The van der Waals surface area contributed by atoms with Crippen LogP contribution in [0.4, 0.5) is 5.69 Å². The molecule has 5 nitrogen and oxygen atoms in total. The first-order valence-electron chi connectivity index (χ1n) is 9.13. The number of para-hydroxylation sites is 1. The van der Waals surface area contributed by atoms with E-state index in [2.05, 4.69) is 21.6 Å². The standard InChI is InChI=1S/C19H25N3O2/c23-18(22-15-6-7-16(22)12-20-10-9-15)8-5-14-11-13-3-1-2-4-17(13)21-19(14)24/h1-4,14-16,20H,5-12H2,(H,21,24). The average molecular weight is 327 g/mol. The highest BCUT2D eigenvalue weighted by molar-refractivity contribution is 5.96. The van der Waals surface area contributed by atoms with Crippen molar-refractivity contribution >= 4 is 17.5 Å². The van der Waals surface area contributed by atoms with E-state index < -0.39 is 0 Å². The van der Waals surface area contributed by atoms with Crippen LogP contribution in [0.2, 0.25) is 0 Å². The second-order valence-electron chi connectivity index (χ2n) is 7.26. The lowest BCUT2D eigenvalue weighted by Crippen LogP contribution is -2.43. The van der Waals surface area contributed by atoms with E-state index in [9.17, 15) is 9.59 Å². The van der Waals surface area contributed by atoms with Gasteiger partial charge >= 0.3 is 0 Å². The number of nitrogens with one attached hydrogen (secondary N) is 2. The highest BCUT2D eigenvalue weighted by Crippen LogP contribution is 2.31. The van der Waals surface area contributed by atoms with Crippen LogP contribution in [-0.2, 0) is 16.0 Å². The Kier molecular flexibility index (Phi) is 4.27. The fraction of sp³-hybridized carbons (Fsp3) is 0.579. The number of rotatable bonds is 3. The number of hydrogen-bond donors (Lipinski definition) is 2. The molecule has 4 rings (SSSR count). The van der Waals surface area contributed by atoms with Gasteiger partial charge in [0.15, 0.2) is 0 Å². The Hall–Kier alpha value is -1.88. The Morgan fingerprint density at radius 3 is 2.92 bits per heavy atom. The lowest BCUT2D eigenvalue weighted by molar-refractivity contribution is -0.134. The van der Waals surface area contributed by atoms with Gasteiger partial charge in [-0.1, -0.05) is 18.2 Å². The number of amides is 2. The van der Waals surface area contributed by atoms with E-state index in [4.69, 9.17) is 0 Å². The van der Waals surface area contributed by atoms with Gasteiger partial charge in [0.1, 0.15) is 0 Å². The highest BCUT2D eigenvalue weighted by atomic mass is 16.2. The van der Waals surface area contributed by atoms with Gasteiger partial charge in [-0.2, -0.15) is 0 Å². The number of carbonyl (C=O) groups excluding carboxylic acids is 2. The van der Waals surface area contributed by atoms with E-state index in [1.807, 2.05) is 18.2 Å². The van der Waals surface area contributed by atoms with Crippen molar-refractivity contribution < 1.29 is 9.59 Å². The summed E-state index contributed by atoms with van der Waals surface area (Å²) in [4.78, 5) is 27.2. The topological polar surface area (TPSA) is 61.4 Å². The SMILES string of the molecule is O=C1Nc2ccccc2CC1CCC(=O)N1C2CCNCC1CC2. The largest absolute Gasteiger partial charge is 0.335 e. The minimum Gasteiger partial charge on any atom is -0.335 e. The maximum atomic E-state index is 12.8. The minimum absolute atomic E-state index is 0.0574. The predicted octanol–water partition coefficient (Wildman–Crippen LogP) is 1.93. The van der Waals surface area contributed by atoms with Gasteiger partial charge in [0.25, 0.3) is 0 Å². The quantitative estimate of drug-likeness (QED) is 0.892. The second-order valence-corrected chi connectivity index (χ2v) is 7.26. The van der Waals surface area contributed by atoms with Crippen LogP contribution in [0, 0.1) is 5.92 Å². The van der Waals surface area contributed by atoms with Crippen LogP contribution in [0.25, 0.3) is 0 Å². The number of benzene rings is 1. The lowest BCUT2D eigenvalue weighted by Gasteiger charge is -2.29. The summed E-state index contributed by atoms with van der Waals surface area (Å²) in [5.74, 6) is 0.200. The van der Waals surface area contributed by atoms with Gasteiger partial charge in [0.05, 0.1) is 0 Å². The van der Waals surface area contributed by atoms with Crippen molar-refractivity contribution in [3.63, 3.8) is 0 Å². The summed E-state index contributed by atoms with van der Waals surface area (Å²) >= 11 is 0. The Bertz CT molecular complexity index is 631. The molecular formula is C19H25N3O2. The summed E-state index contributed by atoms with van der Waals surface area (Å²) in [5, 5.41) is 6.41. The van der Waals surface area contributed by atoms with Gasteiger partial charge in [-0.3, -0.25) is 9.59 Å². The maximum Gasteiger partial charge on any atom is 0.227 e. The molecule has 0 aliphatic carbocycles. The summed E-state index contributed by atoms with van der Waals surface area (Å²) in [6, 6.07) is 8.69. The molecule has 3 heterocycles. The van der Waals surface area contributed by atoms with Crippen LogP contribution >= 0.6 is 0 Å². The van der Waals surface area contributed by atoms with Crippen molar-refractivity contribution in [3.8, 4) is 0 Å². The molecule has 3 aliphatic heterocycles. The maximum absolute atomic E-state index is 12.8. The molecule has 3 atom stereocenters. The van der Waals surface area contributed by atoms with Crippen LogP contribution in [0.15, 0.2) is 24.3 Å². The van der Waals surface area contributed by atoms with Gasteiger partial charge in [-0.25, -0.2) is 0 Å². The molecule has 128 valence electrons. The first-order chi connectivity index (χ1) is 11.7. The summed E-state index contributed by atoms with van der Waals surface area (Å²) in [5.41, 5.74) is 2.09. The Morgan fingerprint density at radius 1 is 1.17 bits per heavy atom. The molecule has 3 aliphatic rings. The van der Waals surface area contributed by atoms with Crippen molar-refractivity contribution in [3.05, 3.63) is 29.8 Å². The first-order valence-corrected chi connectivity index (χ1v) is 9.13. The molecule has 2 fully saturated rings. The molecule has 1 aromatic carbocycles. The van der Waals surface area contributed by atoms with E-state index in [0.29, 0.717) is 24.9 Å². The third kappa shape index (κ3) is 2.93. The zero-order valence-electron chi connectivity index (χ0n) is 14.0. The highest BCUT2D eigenvalue weighted by Gasteiger charge is 2.38.